The van der Waals surface area contributed by atoms with E-state index in [9.17, 15) is 19.1 Å². The number of amides is 1. The van der Waals surface area contributed by atoms with Crippen LogP contribution < -0.4 is 10.1 Å². The second kappa shape index (κ2) is 7.64. The highest BCUT2D eigenvalue weighted by Gasteiger charge is 2.42. The first-order valence-corrected chi connectivity index (χ1v) is 8.27. The Kier molecular flexibility index (Phi) is 5.80. The van der Waals surface area contributed by atoms with Gasteiger partial charge in [0.05, 0.1) is 13.5 Å². The van der Waals surface area contributed by atoms with E-state index in [0.29, 0.717) is 30.1 Å². The van der Waals surface area contributed by atoms with Crippen molar-refractivity contribution in [3.05, 3.63) is 29.6 Å². The lowest BCUT2D eigenvalue weighted by molar-refractivity contribution is -0.149. The zero-order chi connectivity index (χ0) is 17.7. The Morgan fingerprint density at radius 2 is 2.04 bits per heavy atom. The van der Waals surface area contributed by atoms with Gasteiger partial charge >= 0.3 is 5.97 Å². The van der Waals surface area contributed by atoms with Gasteiger partial charge in [0, 0.05) is 5.56 Å². The monoisotopic (exact) mass is 337 g/mol. The fourth-order valence-electron chi connectivity index (χ4n) is 3.34. The average Bonchev–Trinajstić information content (AvgIpc) is 2.55. The van der Waals surface area contributed by atoms with Gasteiger partial charge in [-0.3, -0.25) is 4.79 Å². The third-order valence-corrected chi connectivity index (χ3v) is 4.92. The predicted octanol–water partition coefficient (Wildman–Crippen LogP) is 2.92. The van der Waals surface area contributed by atoms with E-state index in [1.165, 1.54) is 25.3 Å². The number of ether oxygens (including phenoxy) is 1. The quantitative estimate of drug-likeness (QED) is 0.837. The molecule has 0 spiro atoms. The van der Waals surface area contributed by atoms with Crippen LogP contribution in [0.1, 0.15) is 44.6 Å². The number of carboxylic acids is 1. The highest BCUT2D eigenvalue weighted by molar-refractivity contribution is 5.88. The third kappa shape index (κ3) is 4.04. The van der Waals surface area contributed by atoms with Gasteiger partial charge in [0.25, 0.3) is 0 Å². The number of rotatable bonds is 6. The van der Waals surface area contributed by atoms with E-state index in [1.54, 1.807) is 0 Å². The number of aliphatic carboxylic acids is 1. The largest absolute Gasteiger partial charge is 0.496 e. The molecule has 1 saturated carbocycles. The lowest BCUT2D eigenvalue weighted by atomic mass is 9.75. The number of hydrogen-bond donors (Lipinski definition) is 2. The Morgan fingerprint density at radius 3 is 2.58 bits per heavy atom. The van der Waals surface area contributed by atoms with Gasteiger partial charge in [-0.2, -0.15) is 0 Å². The summed E-state index contributed by atoms with van der Waals surface area (Å²) < 4.78 is 18.5. The summed E-state index contributed by atoms with van der Waals surface area (Å²) in [4.78, 5) is 24.1. The van der Waals surface area contributed by atoms with Crippen LogP contribution in [-0.4, -0.2) is 29.6 Å². The second-order valence-corrected chi connectivity index (χ2v) is 6.42. The molecule has 0 atom stereocenters. The third-order valence-electron chi connectivity index (χ3n) is 4.92. The molecular weight excluding hydrogens is 313 g/mol. The molecule has 0 aromatic heterocycles. The smallest absolute Gasteiger partial charge is 0.329 e. The average molecular weight is 337 g/mol. The van der Waals surface area contributed by atoms with Gasteiger partial charge in [-0.1, -0.05) is 13.3 Å². The van der Waals surface area contributed by atoms with Crippen molar-refractivity contribution in [3.8, 4) is 5.75 Å². The van der Waals surface area contributed by atoms with Gasteiger partial charge in [-0.25, -0.2) is 9.18 Å². The van der Waals surface area contributed by atoms with Crippen LogP contribution in [-0.2, 0) is 16.0 Å². The van der Waals surface area contributed by atoms with Crippen LogP contribution in [0.4, 0.5) is 4.39 Å². The summed E-state index contributed by atoms with van der Waals surface area (Å²) in [7, 11) is 1.44. The van der Waals surface area contributed by atoms with Gasteiger partial charge in [0.1, 0.15) is 17.1 Å². The van der Waals surface area contributed by atoms with Crippen LogP contribution in [0.15, 0.2) is 18.2 Å². The zero-order valence-corrected chi connectivity index (χ0v) is 14.1. The number of carbonyl (C=O) groups is 2. The molecule has 0 bridgehead atoms. The summed E-state index contributed by atoms with van der Waals surface area (Å²) in [5.41, 5.74) is -0.818. The van der Waals surface area contributed by atoms with Crippen LogP contribution in [0.3, 0.4) is 0 Å². The summed E-state index contributed by atoms with van der Waals surface area (Å²) in [5.74, 6) is -0.980. The normalized spacial score (nSPS) is 23.5. The van der Waals surface area contributed by atoms with Gasteiger partial charge in [0.2, 0.25) is 5.91 Å². The Morgan fingerprint density at radius 1 is 1.38 bits per heavy atom. The van der Waals surface area contributed by atoms with Crippen LogP contribution >= 0.6 is 0 Å². The van der Waals surface area contributed by atoms with Crippen molar-refractivity contribution in [3.63, 3.8) is 0 Å². The molecule has 0 radical (unpaired) electrons. The van der Waals surface area contributed by atoms with E-state index >= 15 is 0 Å². The maximum Gasteiger partial charge on any atom is 0.329 e. The fourth-order valence-corrected chi connectivity index (χ4v) is 3.34. The first-order valence-electron chi connectivity index (χ1n) is 8.27. The summed E-state index contributed by atoms with van der Waals surface area (Å²) in [5, 5.41) is 12.3. The van der Waals surface area contributed by atoms with E-state index in [4.69, 9.17) is 4.74 Å². The maximum atomic E-state index is 13.4. The van der Waals surface area contributed by atoms with Gasteiger partial charge in [0.15, 0.2) is 0 Å². The number of nitrogens with one attached hydrogen (secondary N) is 1. The first kappa shape index (κ1) is 18.2. The Labute approximate surface area is 141 Å². The molecule has 6 heteroatoms. The standard InChI is InChI=1S/C18H24FNO4/c1-3-12-6-8-18(9-7-12,17(22)23)20-16(21)11-13-10-14(19)4-5-15(13)24-2/h4-5,10,12H,3,6-9,11H2,1-2H3,(H,20,21)(H,22,23). The molecule has 1 aliphatic carbocycles. The van der Waals surface area contributed by atoms with Gasteiger partial charge in [-0.15, -0.1) is 0 Å². The minimum Gasteiger partial charge on any atom is -0.496 e. The minimum atomic E-state index is -1.22. The molecule has 24 heavy (non-hydrogen) atoms. The fraction of sp³-hybridized carbons (Fsp3) is 0.556. The topological polar surface area (TPSA) is 75.6 Å². The molecule has 0 aliphatic heterocycles. The number of halogens is 1. The van der Waals surface area contributed by atoms with E-state index in [2.05, 4.69) is 12.2 Å². The Balaban J connectivity index is 2.09. The van der Waals surface area contributed by atoms with Crippen molar-refractivity contribution < 1.29 is 23.8 Å². The lowest BCUT2D eigenvalue weighted by Gasteiger charge is -2.37. The maximum absolute atomic E-state index is 13.4. The molecule has 1 amide bonds. The molecule has 2 rings (SSSR count). The Bertz CT molecular complexity index is 609. The molecule has 5 nitrogen and oxygen atoms in total. The number of carboxylic acid groups (broad SMARTS) is 1. The molecule has 2 N–H and O–H groups in total. The molecular formula is C18H24FNO4. The molecule has 1 aromatic carbocycles. The van der Waals surface area contributed by atoms with Crippen LogP contribution in [0.5, 0.6) is 5.75 Å². The van der Waals surface area contributed by atoms with E-state index in [0.717, 1.165) is 19.3 Å². The highest BCUT2D eigenvalue weighted by atomic mass is 19.1. The second-order valence-electron chi connectivity index (χ2n) is 6.42. The zero-order valence-electron chi connectivity index (χ0n) is 14.1. The van der Waals surface area contributed by atoms with Gasteiger partial charge < -0.3 is 15.2 Å². The van der Waals surface area contributed by atoms with Crippen molar-refractivity contribution in [2.45, 2.75) is 51.0 Å². The summed E-state index contributed by atoms with van der Waals surface area (Å²) >= 11 is 0. The number of carbonyl (C=O) groups excluding carboxylic acids is 1. The summed E-state index contributed by atoms with van der Waals surface area (Å²) in [6, 6.07) is 3.95. The van der Waals surface area contributed by atoms with E-state index < -0.39 is 23.2 Å². The molecule has 0 saturated heterocycles. The van der Waals surface area contributed by atoms with Crippen LogP contribution in [0.25, 0.3) is 0 Å². The molecule has 0 heterocycles. The molecule has 0 unspecified atom stereocenters. The van der Waals surface area contributed by atoms with Crippen molar-refractivity contribution >= 4 is 11.9 Å². The van der Waals surface area contributed by atoms with Crippen molar-refractivity contribution in [2.24, 2.45) is 5.92 Å². The van der Waals surface area contributed by atoms with E-state index in [1.807, 2.05) is 0 Å². The van der Waals surface area contributed by atoms with Crippen molar-refractivity contribution in [2.75, 3.05) is 7.11 Å². The lowest BCUT2D eigenvalue weighted by Crippen LogP contribution is -2.56. The summed E-state index contributed by atoms with van der Waals surface area (Å²) in [6.07, 6.45) is 3.32. The SMILES string of the molecule is CCC1CCC(NC(=O)Cc2cc(F)ccc2OC)(C(=O)O)CC1. The van der Waals surface area contributed by atoms with E-state index in [-0.39, 0.29) is 6.42 Å². The molecule has 1 aliphatic rings. The van der Waals surface area contributed by atoms with Crippen molar-refractivity contribution in [1.29, 1.82) is 0 Å². The van der Waals surface area contributed by atoms with Crippen LogP contribution in [0, 0.1) is 11.7 Å². The van der Waals surface area contributed by atoms with Crippen molar-refractivity contribution in [1.82, 2.24) is 5.32 Å². The minimum absolute atomic E-state index is 0.118. The van der Waals surface area contributed by atoms with Gasteiger partial charge in [-0.05, 0) is 49.8 Å². The highest BCUT2D eigenvalue weighted by Crippen LogP contribution is 2.34. The summed E-state index contributed by atoms with van der Waals surface area (Å²) in [6.45, 7) is 2.09. The predicted molar refractivity (Wildman–Crippen MR) is 87.4 cm³/mol. The molecule has 1 aromatic rings. The Hall–Kier alpha value is -2.11. The van der Waals surface area contributed by atoms with Crippen LogP contribution in [0.2, 0.25) is 0 Å². The molecule has 132 valence electrons. The number of hydrogen-bond acceptors (Lipinski definition) is 3. The number of benzene rings is 1. The number of methoxy groups -OCH3 is 1. The molecule has 1 fully saturated rings. The first-order chi connectivity index (χ1) is 11.4.